The number of amides is 1. The van der Waals surface area contributed by atoms with E-state index in [0.717, 1.165) is 18.7 Å². The molecular formula is C13H15FN2O. The molecule has 1 amide bonds. The van der Waals surface area contributed by atoms with Crippen LogP contribution in [0.15, 0.2) is 29.3 Å². The van der Waals surface area contributed by atoms with Crippen LogP contribution in [0.3, 0.4) is 0 Å². The van der Waals surface area contributed by atoms with Gasteiger partial charge in [0.25, 0.3) is 5.91 Å². The number of carbonyl (C=O) groups is 1. The first-order chi connectivity index (χ1) is 8.08. The van der Waals surface area contributed by atoms with Crippen molar-refractivity contribution in [1.82, 2.24) is 5.32 Å². The summed E-state index contributed by atoms with van der Waals surface area (Å²) in [6.45, 7) is 5.01. The first kappa shape index (κ1) is 11.8. The highest BCUT2D eigenvalue weighted by atomic mass is 19.1. The van der Waals surface area contributed by atoms with Crippen LogP contribution < -0.4 is 10.6 Å². The summed E-state index contributed by atoms with van der Waals surface area (Å²) in [6, 6.07) is 4.69. The van der Waals surface area contributed by atoms with Crippen molar-refractivity contribution in [2.45, 2.75) is 13.8 Å². The molecule has 4 heteroatoms. The summed E-state index contributed by atoms with van der Waals surface area (Å²) >= 11 is 0. The largest absolute Gasteiger partial charge is 0.322 e. The molecule has 0 spiro atoms. The number of nitrogens with one attached hydrogen (secondary N) is 2. The van der Waals surface area contributed by atoms with Crippen molar-refractivity contribution in [3.8, 4) is 0 Å². The predicted octanol–water partition coefficient (Wildman–Crippen LogP) is 1.99. The molecule has 3 nitrogen and oxygen atoms in total. The molecule has 1 saturated heterocycles. The molecule has 0 radical (unpaired) electrons. The molecule has 1 aromatic rings. The van der Waals surface area contributed by atoms with E-state index in [1.54, 1.807) is 26.0 Å². The number of hydrogen-bond acceptors (Lipinski definition) is 2. The van der Waals surface area contributed by atoms with E-state index < -0.39 is 0 Å². The minimum Gasteiger partial charge on any atom is -0.322 e. The van der Waals surface area contributed by atoms with E-state index >= 15 is 0 Å². The lowest BCUT2D eigenvalue weighted by Crippen LogP contribution is -2.36. The number of carbonyl (C=O) groups excluding carboxylic acids is 1. The average molecular weight is 234 g/mol. The fourth-order valence-electron chi connectivity index (χ4n) is 1.57. The summed E-state index contributed by atoms with van der Waals surface area (Å²) in [5.41, 5.74) is 2.88. The maximum absolute atomic E-state index is 13.3. The van der Waals surface area contributed by atoms with Crippen molar-refractivity contribution in [2.75, 3.05) is 18.4 Å². The van der Waals surface area contributed by atoms with Gasteiger partial charge in [0.2, 0.25) is 0 Å². The quantitative estimate of drug-likeness (QED) is 0.768. The van der Waals surface area contributed by atoms with Crippen molar-refractivity contribution in [3.05, 3.63) is 40.7 Å². The summed E-state index contributed by atoms with van der Waals surface area (Å²) in [7, 11) is 0. The predicted molar refractivity (Wildman–Crippen MR) is 65.3 cm³/mol. The smallest absolute Gasteiger partial charge is 0.251 e. The summed E-state index contributed by atoms with van der Waals surface area (Å²) in [5.74, 6) is -0.469. The molecule has 0 bridgehead atoms. The highest BCUT2D eigenvalue weighted by molar-refractivity contribution is 6.04. The number of hydrogen-bond donors (Lipinski definition) is 2. The number of halogens is 1. The zero-order valence-corrected chi connectivity index (χ0v) is 9.93. The maximum atomic E-state index is 13.3. The Labute approximate surface area is 99.7 Å². The third kappa shape index (κ3) is 2.53. The molecule has 1 aliphatic heterocycles. The molecule has 0 saturated carbocycles. The van der Waals surface area contributed by atoms with E-state index in [0.29, 0.717) is 16.8 Å². The van der Waals surface area contributed by atoms with Crippen molar-refractivity contribution in [2.24, 2.45) is 0 Å². The molecule has 1 heterocycles. The Bertz CT molecular complexity index is 488. The molecule has 2 N–H and O–H groups in total. The SMILES string of the molecule is CC(C(=O)Nc1ccc(C)c(F)c1)=C1CNC1. The highest BCUT2D eigenvalue weighted by Crippen LogP contribution is 2.16. The molecule has 0 atom stereocenters. The fourth-order valence-corrected chi connectivity index (χ4v) is 1.57. The molecule has 90 valence electrons. The number of anilines is 1. The zero-order chi connectivity index (χ0) is 12.4. The van der Waals surface area contributed by atoms with Crippen molar-refractivity contribution >= 4 is 11.6 Å². The van der Waals surface area contributed by atoms with Crippen LogP contribution in [-0.4, -0.2) is 19.0 Å². The second-order valence-corrected chi connectivity index (χ2v) is 4.25. The van der Waals surface area contributed by atoms with Crippen molar-refractivity contribution in [3.63, 3.8) is 0 Å². The first-order valence-electron chi connectivity index (χ1n) is 5.55. The molecule has 1 fully saturated rings. The fraction of sp³-hybridized carbons (Fsp3) is 0.308. The summed E-state index contributed by atoms with van der Waals surface area (Å²) < 4.78 is 13.3. The molecule has 0 aliphatic carbocycles. The maximum Gasteiger partial charge on any atom is 0.251 e. The van der Waals surface area contributed by atoms with E-state index in [1.807, 2.05) is 0 Å². The van der Waals surface area contributed by atoms with E-state index in [2.05, 4.69) is 10.6 Å². The third-order valence-electron chi connectivity index (χ3n) is 2.98. The van der Waals surface area contributed by atoms with Gasteiger partial charge >= 0.3 is 0 Å². The Hall–Kier alpha value is -1.68. The Morgan fingerprint density at radius 2 is 2.12 bits per heavy atom. The zero-order valence-electron chi connectivity index (χ0n) is 9.93. The highest BCUT2D eigenvalue weighted by Gasteiger charge is 2.16. The van der Waals surface area contributed by atoms with Gasteiger partial charge in [0.1, 0.15) is 5.82 Å². The molecule has 1 aliphatic rings. The van der Waals surface area contributed by atoms with E-state index in [1.165, 1.54) is 6.07 Å². The lowest BCUT2D eigenvalue weighted by Gasteiger charge is -2.21. The lowest BCUT2D eigenvalue weighted by atomic mass is 10.0. The van der Waals surface area contributed by atoms with Crippen LogP contribution in [0.5, 0.6) is 0 Å². The summed E-state index contributed by atoms with van der Waals surface area (Å²) in [4.78, 5) is 11.8. The van der Waals surface area contributed by atoms with E-state index in [-0.39, 0.29) is 11.7 Å². The first-order valence-corrected chi connectivity index (χ1v) is 5.55. The van der Waals surface area contributed by atoms with Crippen LogP contribution in [0.1, 0.15) is 12.5 Å². The van der Waals surface area contributed by atoms with Crippen molar-refractivity contribution < 1.29 is 9.18 Å². The van der Waals surface area contributed by atoms with Crippen molar-refractivity contribution in [1.29, 1.82) is 0 Å². The van der Waals surface area contributed by atoms with Crippen LogP contribution in [-0.2, 0) is 4.79 Å². The Morgan fingerprint density at radius 3 is 2.65 bits per heavy atom. The van der Waals surface area contributed by atoms with Crippen LogP contribution >= 0.6 is 0 Å². The molecule has 1 aromatic carbocycles. The van der Waals surface area contributed by atoms with Crippen LogP contribution in [0, 0.1) is 12.7 Å². The number of aryl methyl sites for hydroxylation is 1. The standard InChI is InChI=1S/C13H15FN2O/c1-8-3-4-11(5-12(8)14)16-13(17)9(2)10-6-15-7-10/h3-5,15H,6-7H2,1-2H3,(H,16,17). The lowest BCUT2D eigenvalue weighted by molar-refractivity contribution is -0.112. The monoisotopic (exact) mass is 234 g/mol. The minimum atomic E-state index is -0.307. The topological polar surface area (TPSA) is 41.1 Å². The molecule has 0 unspecified atom stereocenters. The molecule has 2 rings (SSSR count). The van der Waals surface area contributed by atoms with Gasteiger partial charge in [-0.15, -0.1) is 0 Å². The van der Waals surface area contributed by atoms with Gasteiger partial charge in [0.05, 0.1) is 0 Å². The van der Waals surface area contributed by atoms with Crippen LogP contribution in [0.25, 0.3) is 0 Å². The Morgan fingerprint density at radius 1 is 1.41 bits per heavy atom. The van der Waals surface area contributed by atoms with Gasteiger partial charge in [-0.05, 0) is 37.1 Å². The summed E-state index contributed by atoms with van der Waals surface area (Å²) in [6.07, 6.45) is 0. The van der Waals surface area contributed by atoms with E-state index in [4.69, 9.17) is 0 Å². The number of benzene rings is 1. The summed E-state index contributed by atoms with van der Waals surface area (Å²) in [5, 5.41) is 5.77. The van der Waals surface area contributed by atoms with Gasteiger partial charge in [-0.3, -0.25) is 4.79 Å². The number of rotatable bonds is 2. The Balaban J connectivity index is 2.10. The van der Waals surface area contributed by atoms with E-state index in [9.17, 15) is 9.18 Å². The van der Waals surface area contributed by atoms with Gasteiger partial charge in [0.15, 0.2) is 0 Å². The van der Waals surface area contributed by atoms with Crippen LogP contribution in [0.2, 0.25) is 0 Å². The normalized spacial score (nSPS) is 14.2. The Kier molecular flexibility index (Phi) is 3.24. The molecule has 17 heavy (non-hydrogen) atoms. The van der Waals surface area contributed by atoms with Gasteiger partial charge < -0.3 is 10.6 Å². The third-order valence-corrected chi connectivity index (χ3v) is 2.98. The van der Waals surface area contributed by atoms with Crippen LogP contribution in [0.4, 0.5) is 10.1 Å². The second-order valence-electron chi connectivity index (χ2n) is 4.25. The van der Waals surface area contributed by atoms with Gasteiger partial charge in [-0.25, -0.2) is 4.39 Å². The average Bonchev–Trinajstić information content (AvgIpc) is 2.21. The second kappa shape index (κ2) is 4.67. The van der Waals surface area contributed by atoms with Gasteiger partial charge in [0, 0.05) is 24.4 Å². The van der Waals surface area contributed by atoms with Gasteiger partial charge in [-0.1, -0.05) is 6.07 Å². The molecule has 0 aromatic heterocycles. The van der Waals surface area contributed by atoms with Gasteiger partial charge in [-0.2, -0.15) is 0 Å². The molecular weight excluding hydrogens is 219 g/mol. The minimum absolute atomic E-state index is 0.162.